The molecule has 0 aliphatic rings. The Balaban J connectivity index is 2.41. The average Bonchev–Trinajstić information content (AvgIpc) is 2.42. The van der Waals surface area contributed by atoms with E-state index in [0.29, 0.717) is 5.56 Å². The maximum absolute atomic E-state index is 13.0. The molecule has 21 heavy (non-hydrogen) atoms. The first-order valence-corrected chi connectivity index (χ1v) is 5.79. The monoisotopic (exact) mass is 291 g/mol. The number of nitrogens with one attached hydrogen (secondary N) is 1. The third-order valence-electron chi connectivity index (χ3n) is 2.75. The highest BCUT2D eigenvalue weighted by molar-refractivity contribution is 5.94. The fourth-order valence-corrected chi connectivity index (χ4v) is 1.72. The van der Waals surface area contributed by atoms with Crippen LogP contribution in [0.3, 0.4) is 0 Å². The summed E-state index contributed by atoms with van der Waals surface area (Å²) >= 11 is 0. The number of nitro groups is 1. The second-order valence-corrected chi connectivity index (χ2v) is 4.24. The summed E-state index contributed by atoms with van der Waals surface area (Å²) in [6.45, 7) is 1.58. The lowest BCUT2D eigenvalue weighted by molar-refractivity contribution is -0.385. The molecule has 2 N–H and O–H groups in total. The van der Waals surface area contributed by atoms with Crippen LogP contribution in [0, 0.1) is 22.9 Å². The molecule has 108 valence electrons. The largest absolute Gasteiger partial charge is 0.478 e. The Morgan fingerprint density at radius 1 is 1.43 bits per heavy atom. The molecule has 0 atom stereocenters. The number of anilines is 2. The fraction of sp³-hybridized carbons (Fsp3) is 0.0769. The molecule has 8 heteroatoms. The highest BCUT2D eigenvalue weighted by Gasteiger charge is 2.15. The number of nitro benzene ring substituents is 1. The molecule has 0 unspecified atom stereocenters. The van der Waals surface area contributed by atoms with Crippen LogP contribution < -0.4 is 5.32 Å². The average molecular weight is 291 g/mol. The van der Waals surface area contributed by atoms with Gasteiger partial charge in [-0.2, -0.15) is 0 Å². The molecule has 0 aliphatic carbocycles. The highest BCUT2D eigenvalue weighted by Crippen LogP contribution is 2.25. The minimum Gasteiger partial charge on any atom is -0.478 e. The van der Waals surface area contributed by atoms with Crippen molar-refractivity contribution in [1.29, 1.82) is 0 Å². The molecule has 1 heterocycles. The van der Waals surface area contributed by atoms with Crippen LogP contribution in [-0.2, 0) is 0 Å². The molecule has 0 amide bonds. The molecule has 0 bridgehead atoms. The van der Waals surface area contributed by atoms with Crippen molar-refractivity contribution in [3.05, 3.63) is 57.5 Å². The number of aromatic nitrogens is 1. The van der Waals surface area contributed by atoms with Crippen molar-refractivity contribution >= 4 is 23.2 Å². The molecule has 2 rings (SSSR count). The number of halogens is 1. The number of rotatable bonds is 4. The van der Waals surface area contributed by atoms with E-state index in [9.17, 15) is 19.3 Å². The summed E-state index contributed by atoms with van der Waals surface area (Å²) in [4.78, 5) is 25.0. The van der Waals surface area contributed by atoms with Gasteiger partial charge in [0.25, 0.3) is 5.69 Å². The van der Waals surface area contributed by atoms with Gasteiger partial charge >= 0.3 is 5.97 Å². The molecule has 0 aliphatic heterocycles. The number of aromatic carboxylic acids is 1. The molecule has 2 aromatic rings. The number of pyridine rings is 1. The van der Waals surface area contributed by atoms with Crippen molar-refractivity contribution in [2.75, 3.05) is 5.32 Å². The van der Waals surface area contributed by atoms with Crippen LogP contribution in [0.15, 0.2) is 30.5 Å². The summed E-state index contributed by atoms with van der Waals surface area (Å²) in [6.07, 6.45) is 0.859. The van der Waals surface area contributed by atoms with E-state index in [2.05, 4.69) is 10.3 Å². The number of carboxylic acids is 1. The summed E-state index contributed by atoms with van der Waals surface area (Å²) in [5.41, 5.74) is 0.280. The van der Waals surface area contributed by atoms with E-state index in [4.69, 9.17) is 5.11 Å². The van der Waals surface area contributed by atoms with Crippen LogP contribution in [0.4, 0.5) is 21.6 Å². The van der Waals surface area contributed by atoms with Gasteiger partial charge in [-0.3, -0.25) is 10.1 Å². The van der Waals surface area contributed by atoms with E-state index >= 15 is 0 Å². The molecular formula is C13H10FN3O4. The van der Waals surface area contributed by atoms with E-state index in [0.717, 1.165) is 12.3 Å². The number of hydrogen-bond donors (Lipinski definition) is 2. The maximum atomic E-state index is 13.0. The van der Waals surface area contributed by atoms with Gasteiger partial charge in [-0.25, -0.2) is 14.2 Å². The fourth-order valence-electron chi connectivity index (χ4n) is 1.72. The summed E-state index contributed by atoms with van der Waals surface area (Å²) < 4.78 is 13.0. The van der Waals surface area contributed by atoms with E-state index < -0.39 is 16.7 Å². The Bertz CT molecular complexity index is 733. The number of hydrogen-bond acceptors (Lipinski definition) is 5. The van der Waals surface area contributed by atoms with Gasteiger partial charge in [-0.1, -0.05) is 6.07 Å². The number of benzene rings is 1. The van der Waals surface area contributed by atoms with Crippen LogP contribution in [-0.4, -0.2) is 21.0 Å². The van der Waals surface area contributed by atoms with Crippen LogP contribution in [0.1, 0.15) is 15.9 Å². The van der Waals surface area contributed by atoms with E-state index in [1.54, 1.807) is 13.0 Å². The van der Waals surface area contributed by atoms with Gasteiger partial charge in [0.05, 0.1) is 11.1 Å². The summed E-state index contributed by atoms with van der Waals surface area (Å²) in [5, 5.41) is 22.5. The molecule has 0 fully saturated rings. The van der Waals surface area contributed by atoms with Gasteiger partial charge in [-0.05, 0) is 19.1 Å². The molecule has 1 aromatic carbocycles. The molecule has 0 radical (unpaired) electrons. The van der Waals surface area contributed by atoms with Gasteiger partial charge in [0.15, 0.2) is 0 Å². The Morgan fingerprint density at radius 3 is 2.76 bits per heavy atom. The summed E-state index contributed by atoms with van der Waals surface area (Å²) in [7, 11) is 0. The molecule has 1 aromatic heterocycles. The van der Waals surface area contributed by atoms with Crippen LogP contribution in [0.2, 0.25) is 0 Å². The lowest BCUT2D eigenvalue weighted by Crippen LogP contribution is -2.06. The second kappa shape index (κ2) is 5.53. The van der Waals surface area contributed by atoms with Gasteiger partial charge in [0.2, 0.25) is 0 Å². The van der Waals surface area contributed by atoms with Crippen molar-refractivity contribution in [3.8, 4) is 0 Å². The highest BCUT2D eigenvalue weighted by atomic mass is 19.1. The first-order valence-electron chi connectivity index (χ1n) is 5.79. The number of carboxylic acid groups (broad SMARTS) is 1. The molecule has 7 nitrogen and oxygen atoms in total. The normalized spacial score (nSPS) is 10.2. The zero-order chi connectivity index (χ0) is 15.6. The van der Waals surface area contributed by atoms with Gasteiger partial charge < -0.3 is 10.4 Å². The van der Waals surface area contributed by atoms with E-state index in [1.807, 2.05) is 0 Å². The SMILES string of the molecule is Cc1ccc(Nc2ncc(F)cc2C(=O)O)cc1[N+](=O)[O-]. The summed E-state index contributed by atoms with van der Waals surface area (Å²) in [6, 6.07) is 5.13. The Morgan fingerprint density at radius 2 is 2.14 bits per heavy atom. The minimum atomic E-state index is -1.36. The Hall–Kier alpha value is -3.03. The standard InChI is InChI=1S/C13H10FN3O4/c1-7-2-3-9(5-11(7)17(20)21)16-12-10(13(18)19)4-8(14)6-15-12/h2-6H,1H3,(H,15,16)(H,18,19). The quantitative estimate of drug-likeness (QED) is 0.662. The van der Waals surface area contributed by atoms with E-state index in [-0.39, 0.29) is 22.8 Å². The first-order chi connectivity index (χ1) is 9.88. The van der Waals surface area contributed by atoms with Gasteiger partial charge in [-0.15, -0.1) is 0 Å². The van der Waals surface area contributed by atoms with Crippen LogP contribution in [0.5, 0.6) is 0 Å². The predicted octanol–water partition coefficient (Wildman–Crippen LogP) is 2.88. The van der Waals surface area contributed by atoms with Crippen molar-refractivity contribution in [3.63, 3.8) is 0 Å². The molecule has 0 saturated heterocycles. The lowest BCUT2D eigenvalue weighted by Gasteiger charge is -2.09. The van der Waals surface area contributed by atoms with Gasteiger partial charge in [0.1, 0.15) is 17.2 Å². The Labute approximate surface area is 118 Å². The van der Waals surface area contributed by atoms with Crippen molar-refractivity contribution in [1.82, 2.24) is 4.98 Å². The number of nitrogens with zero attached hydrogens (tertiary/aromatic N) is 2. The van der Waals surface area contributed by atoms with Crippen LogP contribution in [0.25, 0.3) is 0 Å². The first kappa shape index (κ1) is 14.4. The van der Waals surface area contributed by atoms with Crippen molar-refractivity contribution in [2.24, 2.45) is 0 Å². The molecule has 0 spiro atoms. The van der Waals surface area contributed by atoms with Crippen molar-refractivity contribution < 1.29 is 19.2 Å². The maximum Gasteiger partial charge on any atom is 0.339 e. The second-order valence-electron chi connectivity index (χ2n) is 4.24. The molecular weight excluding hydrogens is 281 g/mol. The van der Waals surface area contributed by atoms with Crippen molar-refractivity contribution in [2.45, 2.75) is 6.92 Å². The number of aryl methyl sites for hydroxylation is 1. The third kappa shape index (κ3) is 3.11. The zero-order valence-electron chi connectivity index (χ0n) is 10.8. The topological polar surface area (TPSA) is 105 Å². The Kier molecular flexibility index (Phi) is 3.79. The number of carbonyl (C=O) groups is 1. The van der Waals surface area contributed by atoms with Crippen LogP contribution >= 0.6 is 0 Å². The van der Waals surface area contributed by atoms with E-state index in [1.165, 1.54) is 12.1 Å². The lowest BCUT2D eigenvalue weighted by atomic mass is 10.1. The smallest absolute Gasteiger partial charge is 0.339 e. The minimum absolute atomic E-state index is 0.0953. The third-order valence-corrected chi connectivity index (χ3v) is 2.75. The summed E-state index contributed by atoms with van der Waals surface area (Å²) in [5.74, 6) is -2.24. The zero-order valence-corrected chi connectivity index (χ0v) is 10.8. The van der Waals surface area contributed by atoms with Gasteiger partial charge in [0, 0.05) is 17.3 Å². The predicted molar refractivity (Wildman–Crippen MR) is 72.3 cm³/mol. The molecule has 0 saturated carbocycles.